The van der Waals surface area contributed by atoms with Gasteiger partial charge in [0, 0.05) is 6.21 Å². The first-order chi connectivity index (χ1) is 14.2. The number of aryl methyl sites for hydroxylation is 1. The van der Waals surface area contributed by atoms with Crippen molar-refractivity contribution in [3.05, 3.63) is 107 Å². The standard InChI is InChI=1S/C26H22ClNO/c1-2-19-10-13-23(14-11-19)28-17-20-12-15-26(25(27)16-20)29-18-22-8-5-7-21-6-3-4-9-24(21)22/h3-17H,2,18H2,1H3. The number of halogens is 1. The summed E-state index contributed by atoms with van der Waals surface area (Å²) in [5.41, 5.74) is 4.31. The molecule has 2 nitrogen and oxygen atoms in total. The Hall–Kier alpha value is -3.10. The van der Waals surface area contributed by atoms with Gasteiger partial charge in [-0.05, 0) is 64.2 Å². The Morgan fingerprint density at radius 3 is 2.48 bits per heavy atom. The lowest BCUT2D eigenvalue weighted by atomic mass is 10.1. The molecular formula is C26H22ClNO. The fourth-order valence-electron chi connectivity index (χ4n) is 3.26. The molecule has 0 amide bonds. The number of fused-ring (bicyclic) bond motifs is 1. The van der Waals surface area contributed by atoms with Gasteiger partial charge in [-0.25, -0.2) is 0 Å². The summed E-state index contributed by atoms with van der Waals surface area (Å²) in [6.45, 7) is 2.61. The number of hydrogen-bond acceptors (Lipinski definition) is 2. The molecule has 0 saturated carbocycles. The summed E-state index contributed by atoms with van der Waals surface area (Å²) >= 11 is 6.45. The predicted molar refractivity (Wildman–Crippen MR) is 123 cm³/mol. The van der Waals surface area contributed by atoms with Gasteiger partial charge in [0.1, 0.15) is 12.4 Å². The van der Waals surface area contributed by atoms with Gasteiger partial charge in [0.05, 0.1) is 10.7 Å². The van der Waals surface area contributed by atoms with Crippen LogP contribution in [0.3, 0.4) is 0 Å². The summed E-state index contributed by atoms with van der Waals surface area (Å²) in [5, 5.41) is 2.98. The van der Waals surface area contributed by atoms with E-state index in [1.54, 1.807) is 0 Å². The lowest BCUT2D eigenvalue weighted by Gasteiger charge is -2.11. The van der Waals surface area contributed by atoms with Gasteiger partial charge in [-0.15, -0.1) is 0 Å². The molecule has 0 aliphatic heterocycles. The van der Waals surface area contributed by atoms with Crippen molar-refractivity contribution < 1.29 is 4.74 Å². The van der Waals surface area contributed by atoms with E-state index in [1.165, 1.54) is 16.3 Å². The number of benzene rings is 4. The molecule has 0 bridgehead atoms. The normalized spacial score (nSPS) is 11.2. The third-order valence-electron chi connectivity index (χ3n) is 4.93. The molecule has 0 unspecified atom stereocenters. The van der Waals surface area contributed by atoms with Crippen LogP contribution in [0.2, 0.25) is 5.02 Å². The first kappa shape index (κ1) is 19.2. The Morgan fingerprint density at radius 2 is 1.69 bits per heavy atom. The second-order valence-electron chi connectivity index (χ2n) is 6.90. The molecule has 4 aromatic carbocycles. The molecule has 0 atom stereocenters. The van der Waals surface area contributed by atoms with Gasteiger partial charge >= 0.3 is 0 Å². The SMILES string of the molecule is CCc1ccc(N=Cc2ccc(OCc3cccc4ccccc34)c(Cl)c2)cc1. The molecule has 0 N–H and O–H groups in total. The van der Waals surface area contributed by atoms with Crippen molar-refractivity contribution in [1.29, 1.82) is 0 Å². The van der Waals surface area contributed by atoms with Crippen molar-refractivity contribution in [3.8, 4) is 5.75 Å². The molecule has 0 aromatic heterocycles. The number of ether oxygens (including phenoxy) is 1. The summed E-state index contributed by atoms with van der Waals surface area (Å²) < 4.78 is 6.00. The molecule has 4 rings (SSSR count). The average Bonchev–Trinajstić information content (AvgIpc) is 2.77. The molecule has 4 aromatic rings. The second kappa shape index (κ2) is 8.93. The lowest BCUT2D eigenvalue weighted by molar-refractivity contribution is 0.308. The van der Waals surface area contributed by atoms with E-state index in [-0.39, 0.29) is 0 Å². The van der Waals surface area contributed by atoms with Gasteiger partial charge in [0.25, 0.3) is 0 Å². The van der Waals surface area contributed by atoms with Crippen LogP contribution in [0.4, 0.5) is 5.69 Å². The molecule has 0 fully saturated rings. The number of aliphatic imine (C=N–C) groups is 1. The summed E-state index contributed by atoms with van der Waals surface area (Å²) in [7, 11) is 0. The van der Waals surface area contributed by atoms with Gasteiger partial charge in [0.15, 0.2) is 0 Å². The highest BCUT2D eigenvalue weighted by Gasteiger charge is 2.05. The molecular weight excluding hydrogens is 378 g/mol. The monoisotopic (exact) mass is 399 g/mol. The predicted octanol–water partition coefficient (Wildman–Crippen LogP) is 7.39. The van der Waals surface area contributed by atoms with Crippen LogP contribution in [0.5, 0.6) is 5.75 Å². The minimum absolute atomic E-state index is 0.471. The molecule has 144 valence electrons. The summed E-state index contributed by atoms with van der Waals surface area (Å²) in [4.78, 5) is 4.53. The third-order valence-corrected chi connectivity index (χ3v) is 5.22. The van der Waals surface area contributed by atoms with E-state index in [4.69, 9.17) is 16.3 Å². The fraction of sp³-hybridized carbons (Fsp3) is 0.115. The van der Waals surface area contributed by atoms with E-state index in [1.807, 2.05) is 48.7 Å². The average molecular weight is 400 g/mol. The maximum Gasteiger partial charge on any atom is 0.138 e. The minimum Gasteiger partial charge on any atom is -0.487 e. The zero-order valence-corrected chi connectivity index (χ0v) is 17.1. The van der Waals surface area contributed by atoms with Crippen molar-refractivity contribution in [1.82, 2.24) is 0 Å². The molecule has 0 heterocycles. The van der Waals surface area contributed by atoms with Crippen LogP contribution >= 0.6 is 11.6 Å². The van der Waals surface area contributed by atoms with E-state index < -0.39 is 0 Å². The van der Waals surface area contributed by atoms with Gasteiger partial charge in [-0.3, -0.25) is 4.99 Å². The molecule has 0 radical (unpaired) electrons. The Labute approximate surface area is 176 Å². The van der Waals surface area contributed by atoms with E-state index in [0.29, 0.717) is 17.4 Å². The van der Waals surface area contributed by atoms with Gasteiger partial charge in [-0.2, -0.15) is 0 Å². The van der Waals surface area contributed by atoms with E-state index in [9.17, 15) is 0 Å². The highest BCUT2D eigenvalue weighted by molar-refractivity contribution is 6.32. The largest absolute Gasteiger partial charge is 0.487 e. The van der Waals surface area contributed by atoms with Crippen LogP contribution in [0.25, 0.3) is 10.8 Å². The van der Waals surface area contributed by atoms with E-state index in [2.05, 4.69) is 54.4 Å². The Morgan fingerprint density at radius 1 is 0.897 bits per heavy atom. The topological polar surface area (TPSA) is 21.6 Å². The van der Waals surface area contributed by atoms with Crippen LogP contribution < -0.4 is 4.74 Å². The number of rotatable bonds is 6. The molecule has 0 aliphatic rings. The maximum atomic E-state index is 6.45. The quantitative estimate of drug-likeness (QED) is 0.310. The molecule has 0 spiro atoms. The Balaban J connectivity index is 1.46. The van der Waals surface area contributed by atoms with Crippen LogP contribution in [0.1, 0.15) is 23.6 Å². The van der Waals surface area contributed by atoms with Crippen molar-refractivity contribution in [2.75, 3.05) is 0 Å². The van der Waals surface area contributed by atoms with Gasteiger partial charge in [-0.1, -0.05) is 73.1 Å². The highest BCUT2D eigenvalue weighted by atomic mass is 35.5. The first-order valence-corrected chi connectivity index (χ1v) is 10.1. The third kappa shape index (κ3) is 4.67. The summed E-state index contributed by atoms with van der Waals surface area (Å²) in [5.74, 6) is 0.670. The minimum atomic E-state index is 0.471. The lowest BCUT2D eigenvalue weighted by Crippen LogP contribution is -1.97. The molecule has 3 heteroatoms. The molecule has 0 saturated heterocycles. The van der Waals surface area contributed by atoms with Crippen molar-refractivity contribution in [2.24, 2.45) is 4.99 Å². The van der Waals surface area contributed by atoms with Crippen molar-refractivity contribution >= 4 is 34.3 Å². The van der Waals surface area contributed by atoms with Crippen LogP contribution in [-0.4, -0.2) is 6.21 Å². The Bertz CT molecular complexity index is 1140. The van der Waals surface area contributed by atoms with Crippen LogP contribution in [0, 0.1) is 0 Å². The van der Waals surface area contributed by atoms with Gasteiger partial charge < -0.3 is 4.74 Å². The first-order valence-electron chi connectivity index (χ1n) is 9.75. The van der Waals surface area contributed by atoms with Crippen LogP contribution in [-0.2, 0) is 13.0 Å². The van der Waals surface area contributed by atoms with Crippen molar-refractivity contribution in [3.63, 3.8) is 0 Å². The van der Waals surface area contributed by atoms with E-state index >= 15 is 0 Å². The maximum absolute atomic E-state index is 6.45. The summed E-state index contributed by atoms with van der Waals surface area (Å²) in [6.07, 6.45) is 2.85. The summed E-state index contributed by atoms with van der Waals surface area (Å²) in [6, 6.07) is 28.5. The number of nitrogens with zero attached hydrogens (tertiary/aromatic N) is 1. The zero-order valence-electron chi connectivity index (χ0n) is 16.3. The number of hydrogen-bond donors (Lipinski definition) is 0. The molecule has 29 heavy (non-hydrogen) atoms. The second-order valence-corrected chi connectivity index (χ2v) is 7.30. The highest BCUT2D eigenvalue weighted by Crippen LogP contribution is 2.27. The van der Waals surface area contributed by atoms with Crippen molar-refractivity contribution in [2.45, 2.75) is 20.0 Å². The van der Waals surface area contributed by atoms with Gasteiger partial charge in [0.2, 0.25) is 0 Å². The van der Waals surface area contributed by atoms with E-state index in [0.717, 1.165) is 23.2 Å². The fourth-order valence-corrected chi connectivity index (χ4v) is 3.50. The zero-order chi connectivity index (χ0) is 20.1. The Kier molecular flexibility index (Phi) is 5.92. The smallest absolute Gasteiger partial charge is 0.138 e. The van der Waals surface area contributed by atoms with Crippen LogP contribution in [0.15, 0.2) is 89.9 Å². The molecule has 0 aliphatic carbocycles.